The van der Waals surface area contributed by atoms with Crippen molar-refractivity contribution in [3.05, 3.63) is 65.2 Å². The van der Waals surface area contributed by atoms with E-state index in [9.17, 15) is 4.79 Å². The number of hydrogen-bond acceptors (Lipinski definition) is 4. The van der Waals surface area contributed by atoms with Crippen molar-refractivity contribution in [3.63, 3.8) is 0 Å². The number of aryl methyl sites for hydroxylation is 1. The molecule has 1 aromatic carbocycles. The van der Waals surface area contributed by atoms with Crippen LogP contribution in [0.3, 0.4) is 0 Å². The second kappa shape index (κ2) is 8.52. The summed E-state index contributed by atoms with van der Waals surface area (Å²) in [7, 11) is 1.99. The van der Waals surface area contributed by atoms with E-state index < -0.39 is 0 Å². The molecule has 3 aromatic heterocycles. The molecule has 0 unspecified atom stereocenters. The van der Waals surface area contributed by atoms with Gasteiger partial charge in [0.1, 0.15) is 12.0 Å². The van der Waals surface area contributed by atoms with Crippen LogP contribution in [0.1, 0.15) is 47.1 Å². The number of amides is 1. The number of benzene rings is 1. The Kier molecular flexibility index (Phi) is 5.31. The lowest BCUT2D eigenvalue weighted by Crippen LogP contribution is -2.36. The third-order valence-corrected chi connectivity index (χ3v) is 7.49. The van der Waals surface area contributed by atoms with Gasteiger partial charge in [0.05, 0.1) is 12.1 Å². The Balaban J connectivity index is 1.33. The quantitative estimate of drug-likeness (QED) is 0.426. The lowest BCUT2D eigenvalue weighted by Gasteiger charge is -2.27. The van der Waals surface area contributed by atoms with E-state index in [1.807, 2.05) is 41.2 Å². The van der Waals surface area contributed by atoms with Gasteiger partial charge in [-0.2, -0.15) is 5.10 Å². The predicted octanol–water partition coefficient (Wildman–Crippen LogP) is 4.08. The second-order valence-electron chi connectivity index (χ2n) is 9.76. The molecule has 0 spiro atoms. The molecule has 0 saturated heterocycles. The van der Waals surface area contributed by atoms with Crippen LogP contribution < -0.4 is 0 Å². The highest BCUT2D eigenvalue weighted by atomic mass is 16.2. The van der Waals surface area contributed by atoms with Gasteiger partial charge in [-0.05, 0) is 44.2 Å². The van der Waals surface area contributed by atoms with Crippen LogP contribution in [0.5, 0.6) is 0 Å². The van der Waals surface area contributed by atoms with Crippen molar-refractivity contribution in [2.75, 3.05) is 6.54 Å². The minimum atomic E-state index is 0.0757. The van der Waals surface area contributed by atoms with Crippen LogP contribution in [0, 0.1) is 12.8 Å². The predicted molar refractivity (Wildman–Crippen MR) is 134 cm³/mol. The SMILES string of the molecule is CCn1c(-c2ccccc2)cc(C(=O)N2CCc3c(c(-c4nncn4CC4CC4)nn3C)C2)c1C. The summed E-state index contributed by atoms with van der Waals surface area (Å²) in [5, 5.41) is 13.4. The van der Waals surface area contributed by atoms with Gasteiger partial charge in [-0.25, -0.2) is 0 Å². The summed E-state index contributed by atoms with van der Waals surface area (Å²) in [6.07, 6.45) is 5.12. The molecule has 4 aromatic rings. The average molecular weight is 470 g/mol. The first kappa shape index (κ1) is 21.8. The molecular weight excluding hydrogens is 438 g/mol. The molecule has 6 rings (SSSR count). The third kappa shape index (κ3) is 3.77. The smallest absolute Gasteiger partial charge is 0.256 e. The molecule has 1 saturated carbocycles. The van der Waals surface area contributed by atoms with Crippen LogP contribution in [-0.4, -0.2) is 46.5 Å². The Hall–Kier alpha value is -3.68. The van der Waals surface area contributed by atoms with Crippen LogP contribution in [-0.2, 0) is 33.1 Å². The van der Waals surface area contributed by atoms with Crippen molar-refractivity contribution in [3.8, 4) is 22.8 Å². The highest BCUT2D eigenvalue weighted by Gasteiger charge is 2.32. The average Bonchev–Trinajstić information content (AvgIpc) is 3.33. The number of rotatable bonds is 6. The summed E-state index contributed by atoms with van der Waals surface area (Å²) < 4.78 is 6.31. The minimum Gasteiger partial charge on any atom is -0.344 e. The fourth-order valence-corrected chi connectivity index (χ4v) is 5.38. The summed E-state index contributed by atoms with van der Waals surface area (Å²) in [6.45, 7) is 7.14. The van der Waals surface area contributed by atoms with E-state index in [1.54, 1.807) is 0 Å². The Bertz CT molecular complexity index is 1390. The molecule has 0 bridgehead atoms. The van der Waals surface area contributed by atoms with Gasteiger partial charge in [-0.3, -0.25) is 9.48 Å². The molecule has 1 aliphatic heterocycles. The molecule has 4 heterocycles. The standard InChI is InChI=1S/C27H31N7O/c1-4-34-18(2)21(14-24(34)20-8-6-5-7-9-20)27(35)32-13-12-23-22(16-32)25(30-31(23)3)26-29-28-17-33(26)15-19-10-11-19/h5-9,14,17,19H,4,10-13,15-16H2,1-3H3. The van der Waals surface area contributed by atoms with E-state index in [1.165, 1.54) is 18.5 Å². The Morgan fingerprint density at radius 3 is 2.71 bits per heavy atom. The Morgan fingerprint density at radius 1 is 1.17 bits per heavy atom. The molecule has 2 aliphatic rings. The number of aromatic nitrogens is 6. The zero-order valence-electron chi connectivity index (χ0n) is 20.6. The fourth-order valence-electron chi connectivity index (χ4n) is 5.38. The van der Waals surface area contributed by atoms with E-state index >= 15 is 0 Å². The van der Waals surface area contributed by atoms with E-state index in [2.05, 4.69) is 51.4 Å². The van der Waals surface area contributed by atoms with Gasteiger partial charge in [0, 0.05) is 55.7 Å². The van der Waals surface area contributed by atoms with Crippen LogP contribution in [0.2, 0.25) is 0 Å². The Labute approximate surface area is 205 Å². The number of carbonyl (C=O) groups excluding carboxylic acids is 1. The summed E-state index contributed by atoms with van der Waals surface area (Å²) in [6, 6.07) is 12.4. The van der Waals surface area contributed by atoms with Gasteiger partial charge in [-0.1, -0.05) is 30.3 Å². The van der Waals surface area contributed by atoms with Crippen molar-refractivity contribution >= 4 is 5.91 Å². The van der Waals surface area contributed by atoms with Crippen molar-refractivity contribution < 1.29 is 4.79 Å². The van der Waals surface area contributed by atoms with E-state index in [-0.39, 0.29) is 5.91 Å². The topological polar surface area (TPSA) is 73.8 Å². The number of carbonyl (C=O) groups is 1. The van der Waals surface area contributed by atoms with Crippen molar-refractivity contribution in [1.29, 1.82) is 0 Å². The fraction of sp³-hybridized carbons (Fsp3) is 0.407. The van der Waals surface area contributed by atoms with Crippen molar-refractivity contribution in [2.24, 2.45) is 13.0 Å². The molecule has 1 aliphatic carbocycles. The van der Waals surface area contributed by atoms with E-state index in [0.29, 0.717) is 19.0 Å². The summed E-state index contributed by atoms with van der Waals surface area (Å²) in [5.41, 5.74) is 7.12. The van der Waals surface area contributed by atoms with E-state index in [0.717, 1.165) is 59.1 Å². The third-order valence-electron chi connectivity index (χ3n) is 7.49. The normalized spacial score (nSPS) is 15.5. The molecule has 1 amide bonds. The maximum Gasteiger partial charge on any atom is 0.256 e. The number of nitrogens with zero attached hydrogens (tertiary/aromatic N) is 7. The zero-order valence-corrected chi connectivity index (χ0v) is 20.6. The monoisotopic (exact) mass is 469 g/mol. The van der Waals surface area contributed by atoms with Crippen LogP contribution >= 0.6 is 0 Å². The minimum absolute atomic E-state index is 0.0757. The molecule has 8 heteroatoms. The van der Waals surface area contributed by atoms with Gasteiger partial charge in [0.25, 0.3) is 5.91 Å². The molecule has 0 N–H and O–H groups in total. The van der Waals surface area contributed by atoms with Gasteiger partial charge in [0.15, 0.2) is 5.82 Å². The van der Waals surface area contributed by atoms with Gasteiger partial charge in [-0.15, -0.1) is 10.2 Å². The van der Waals surface area contributed by atoms with Crippen molar-refractivity contribution in [2.45, 2.75) is 52.7 Å². The largest absolute Gasteiger partial charge is 0.344 e. The molecule has 0 radical (unpaired) electrons. The van der Waals surface area contributed by atoms with E-state index in [4.69, 9.17) is 5.10 Å². The van der Waals surface area contributed by atoms with Gasteiger partial charge >= 0.3 is 0 Å². The molecule has 35 heavy (non-hydrogen) atoms. The number of fused-ring (bicyclic) bond motifs is 1. The number of hydrogen-bond donors (Lipinski definition) is 0. The highest BCUT2D eigenvalue weighted by molar-refractivity contribution is 5.97. The van der Waals surface area contributed by atoms with Gasteiger partial charge < -0.3 is 14.0 Å². The summed E-state index contributed by atoms with van der Waals surface area (Å²) >= 11 is 0. The van der Waals surface area contributed by atoms with Crippen LogP contribution in [0.4, 0.5) is 0 Å². The molecule has 8 nitrogen and oxygen atoms in total. The maximum absolute atomic E-state index is 13.8. The first-order chi connectivity index (χ1) is 17.0. The first-order valence-electron chi connectivity index (χ1n) is 12.5. The lowest BCUT2D eigenvalue weighted by molar-refractivity contribution is 0.0733. The second-order valence-corrected chi connectivity index (χ2v) is 9.76. The highest BCUT2D eigenvalue weighted by Crippen LogP contribution is 2.34. The maximum atomic E-state index is 13.8. The summed E-state index contributed by atoms with van der Waals surface area (Å²) in [4.78, 5) is 15.8. The van der Waals surface area contributed by atoms with Crippen molar-refractivity contribution in [1.82, 2.24) is 34.0 Å². The molecular formula is C27H31N7O. The Morgan fingerprint density at radius 2 is 1.97 bits per heavy atom. The molecule has 0 atom stereocenters. The first-order valence-corrected chi connectivity index (χ1v) is 12.5. The molecule has 1 fully saturated rings. The summed E-state index contributed by atoms with van der Waals surface area (Å²) in [5.74, 6) is 1.60. The van der Waals surface area contributed by atoms with Crippen LogP contribution in [0.15, 0.2) is 42.7 Å². The van der Waals surface area contributed by atoms with Crippen LogP contribution in [0.25, 0.3) is 22.8 Å². The molecule has 180 valence electrons. The van der Waals surface area contributed by atoms with Gasteiger partial charge in [0.2, 0.25) is 0 Å². The zero-order chi connectivity index (χ0) is 24.1. The lowest BCUT2D eigenvalue weighted by atomic mass is 10.0.